The van der Waals surface area contributed by atoms with Gasteiger partial charge in [-0.05, 0) is 65.6 Å². The van der Waals surface area contributed by atoms with Crippen LogP contribution in [0, 0.1) is 19.3 Å². The molecule has 2 amide bonds. The number of hydrogen-bond acceptors (Lipinski definition) is 6. The molecule has 0 radical (unpaired) electrons. The molecule has 0 unspecified atom stereocenters. The number of imide groups is 1. The molecular formula is C26H27NO5S. The summed E-state index contributed by atoms with van der Waals surface area (Å²) in [5.41, 5.74) is 2.90. The van der Waals surface area contributed by atoms with Gasteiger partial charge in [-0.1, -0.05) is 38.0 Å². The maximum atomic E-state index is 12.8. The Morgan fingerprint density at radius 2 is 1.88 bits per heavy atom. The molecule has 33 heavy (non-hydrogen) atoms. The third kappa shape index (κ3) is 5.91. The normalized spacial score (nSPS) is 14.7. The average molecular weight is 466 g/mol. The van der Waals surface area contributed by atoms with Gasteiger partial charge in [-0.3, -0.25) is 14.5 Å². The van der Waals surface area contributed by atoms with Crippen LogP contribution in [0.1, 0.15) is 36.5 Å². The Bertz CT molecular complexity index is 1120. The number of hydrogen-bond donors (Lipinski definition) is 0. The zero-order valence-electron chi connectivity index (χ0n) is 19.2. The van der Waals surface area contributed by atoms with Gasteiger partial charge in [0.15, 0.2) is 11.5 Å². The smallest absolute Gasteiger partial charge is 0.293 e. The zero-order valence-corrected chi connectivity index (χ0v) is 20.0. The van der Waals surface area contributed by atoms with Crippen molar-refractivity contribution >= 4 is 29.0 Å². The largest absolute Gasteiger partial charge is 0.493 e. The van der Waals surface area contributed by atoms with Crippen LogP contribution in [0.25, 0.3) is 6.08 Å². The van der Waals surface area contributed by atoms with Crippen molar-refractivity contribution < 1.29 is 23.8 Å². The van der Waals surface area contributed by atoms with Crippen LogP contribution in [0.4, 0.5) is 4.79 Å². The first-order valence-electron chi connectivity index (χ1n) is 10.6. The second-order valence-corrected chi connectivity index (χ2v) is 8.77. The van der Waals surface area contributed by atoms with E-state index in [1.54, 1.807) is 24.3 Å². The number of carbonyl (C=O) groups excluding carboxylic acids is 2. The van der Waals surface area contributed by atoms with Crippen LogP contribution in [0.5, 0.6) is 17.2 Å². The van der Waals surface area contributed by atoms with Crippen LogP contribution in [-0.2, 0) is 4.79 Å². The van der Waals surface area contributed by atoms with Gasteiger partial charge in [0.1, 0.15) is 19.0 Å². The highest BCUT2D eigenvalue weighted by Gasteiger charge is 2.34. The molecule has 0 atom stereocenters. The summed E-state index contributed by atoms with van der Waals surface area (Å²) in [5, 5.41) is -0.316. The number of methoxy groups -OCH3 is 1. The Labute approximate surface area is 198 Å². The third-order valence-electron chi connectivity index (χ3n) is 5.03. The van der Waals surface area contributed by atoms with Crippen molar-refractivity contribution in [1.82, 2.24) is 4.90 Å². The molecule has 1 saturated heterocycles. The molecule has 0 spiro atoms. The summed E-state index contributed by atoms with van der Waals surface area (Å²) >= 11 is 0.909. The van der Waals surface area contributed by atoms with Crippen LogP contribution < -0.4 is 14.2 Å². The number of aryl methyl sites for hydroxylation is 1. The Morgan fingerprint density at radius 3 is 2.58 bits per heavy atom. The van der Waals surface area contributed by atoms with Gasteiger partial charge in [0.05, 0.1) is 18.6 Å². The molecule has 1 aliphatic rings. The Kier molecular flexibility index (Phi) is 8.07. The lowest BCUT2D eigenvalue weighted by atomic mass is 10.0. The Balaban J connectivity index is 1.68. The number of thioether (sulfide) groups is 1. The summed E-state index contributed by atoms with van der Waals surface area (Å²) in [7, 11) is 1.52. The maximum absolute atomic E-state index is 12.8. The van der Waals surface area contributed by atoms with Gasteiger partial charge in [0.2, 0.25) is 0 Å². The minimum absolute atomic E-state index is 0.123. The van der Waals surface area contributed by atoms with Gasteiger partial charge in [-0.25, -0.2) is 0 Å². The molecule has 1 fully saturated rings. The second kappa shape index (κ2) is 11.0. The lowest BCUT2D eigenvalue weighted by molar-refractivity contribution is -0.123. The third-order valence-corrected chi connectivity index (χ3v) is 5.94. The number of rotatable bonds is 9. The van der Waals surface area contributed by atoms with Gasteiger partial charge in [0.25, 0.3) is 11.1 Å². The number of ether oxygens (including phenoxy) is 3. The quantitative estimate of drug-likeness (QED) is 0.372. The number of amides is 2. The molecule has 3 rings (SSSR count). The van der Waals surface area contributed by atoms with Gasteiger partial charge >= 0.3 is 0 Å². The molecule has 0 N–H and O–H groups in total. The van der Waals surface area contributed by atoms with E-state index >= 15 is 0 Å². The van der Waals surface area contributed by atoms with E-state index in [0.717, 1.165) is 28.6 Å². The first-order valence-corrected chi connectivity index (χ1v) is 11.4. The Morgan fingerprint density at radius 1 is 1.09 bits per heavy atom. The molecule has 2 aromatic rings. The molecule has 0 bridgehead atoms. The summed E-state index contributed by atoms with van der Waals surface area (Å²) in [6, 6.07) is 11.3. The SMILES string of the molecule is C#CCOc1ccc(/C=C2\SC(=O)N(CCOc3cc(C)ccc3C(C)C)C2=O)cc1OC. The van der Waals surface area contributed by atoms with Crippen LogP contribution >= 0.6 is 11.8 Å². The minimum atomic E-state index is -0.339. The van der Waals surface area contributed by atoms with Gasteiger partial charge in [0, 0.05) is 0 Å². The topological polar surface area (TPSA) is 65.1 Å². The summed E-state index contributed by atoms with van der Waals surface area (Å²) in [6.45, 7) is 6.72. The minimum Gasteiger partial charge on any atom is -0.493 e. The fourth-order valence-corrected chi connectivity index (χ4v) is 4.21. The predicted octanol–water partition coefficient (Wildman–Crippen LogP) is 5.25. The van der Waals surface area contributed by atoms with E-state index in [1.165, 1.54) is 12.0 Å². The van der Waals surface area contributed by atoms with Crippen molar-refractivity contribution in [3.8, 4) is 29.6 Å². The lowest BCUT2D eigenvalue weighted by Crippen LogP contribution is -2.32. The molecule has 2 aromatic carbocycles. The van der Waals surface area contributed by atoms with Crippen molar-refractivity contribution in [2.45, 2.75) is 26.7 Å². The first kappa shape index (κ1) is 24.3. The van der Waals surface area contributed by atoms with Crippen LogP contribution in [0.3, 0.4) is 0 Å². The van der Waals surface area contributed by atoms with E-state index < -0.39 is 0 Å². The molecule has 0 saturated carbocycles. The standard InChI is InChI=1S/C26H27NO5S/c1-6-12-31-21-10-8-19(15-23(21)30-5)16-24-25(28)27(26(29)33-24)11-13-32-22-14-18(4)7-9-20(22)17(2)3/h1,7-10,14-17H,11-13H2,2-5H3/b24-16-. The molecule has 1 heterocycles. The van der Waals surface area contributed by atoms with E-state index in [-0.39, 0.29) is 30.9 Å². The maximum Gasteiger partial charge on any atom is 0.293 e. The number of nitrogens with zero attached hydrogens (tertiary/aromatic N) is 1. The molecule has 6 nitrogen and oxygen atoms in total. The van der Waals surface area contributed by atoms with Crippen LogP contribution in [0.15, 0.2) is 41.3 Å². The molecule has 172 valence electrons. The summed E-state index contributed by atoms with van der Waals surface area (Å²) in [4.78, 5) is 26.9. The average Bonchev–Trinajstić information content (AvgIpc) is 3.05. The highest BCUT2D eigenvalue weighted by atomic mass is 32.2. The Hall–Kier alpha value is -3.37. The van der Waals surface area contributed by atoms with Crippen LogP contribution in [-0.4, -0.2) is 42.9 Å². The van der Waals surface area contributed by atoms with Gasteiger partial charge in [-0.2, -0.15) is 0 Å². The van der Waals surface area contributed by atoms with Crippen molar-refractivity contribution in [1.29, 1.82) is 0 Å². The summed E-state index contributed by atoms with van der Waals surface area (Å²) in [5.74, 6) is 4.16. The van der Waals surface area contributed by atoms with E-state index in [0.29, 0.717) is 27.9 Å². The monoisotopic (exact) mass is 465 g/mol. The van der Waals surface area contributed by atoms with Gasteiger partial charge in [-0.15, -0.1) is 6.42 Å². The van der Waals surface area contributed by atoms with E-state index in [9.17, 15) is 9.59 Å². The number of carbonyl (C=O) groups is 2. The van der Waals surface area contributed by atoms with Crippen molar-refractivity contribution in [3.05, 3.63) is 58.0 Å². The number of terminal acetylenes is 1. The van der Waals surface area contributed by atoms with E-state index in [4.69, 9.17) is 20.6 Å². The van der Waals surface area contributed by atoms with Crippen molar-refractivity contribution in [3.63, 3.8) is 0 Å². The highest BCUT2D eigenvalue weighted by Crippen LogP contribution is 2.34. The fourth-order valence-electron chi connectivity index (χ4n) is 3.35. The molecule has 7 heteroatoms. The molecule has 0 aromatic heterocycles. The second-order valence-electron chi connectivity index (χ2n) is 7.78. The van der Waals surface area contributed by atoms with Gasteiger partial charge < -0.3 is 14.2 Å². The van der Waals surface area contributed by atoms with Crippen molar-refractivity contribution in [2.75, 3.05) is 26.9 Å². The molecule has 1 aliphatic heterocycles. The van der Waals surface area contributed by atoms with E-state index in [2.05, 4.69) is 25.8 Å². The first-order chi connectivity index (χ1) is 15.8. The van der Waals surface area contributed by atoms with Crippen molar-refractivity contribution in [2.24, 2.45) is 0 Å². The summed E-state index contributed by atoms with van der Waals surface area (Å²) in [6.07, 6.45) is 6.89. The zero-order chi connectivity index (χ0) is 24.0. The number of benzene rings is 2. The molecular weight excluding hydrogens is 438 g/mol. The summed E-state index contributed by atoms with van der Waals surface area (Å²) < 4.78 is 16.7. The fraction of sp³-hybridized carbons (Fsp3) is 0.308. The lowest BCUT2D eigenvalue weighted by Gasteiger charge is -2.17. The molecule has 0 aliphatic carbocycles. The van der Waals surface area contributed by atoms with E-state index in [1.807, 2.05) is 19.1 Å². The highest BCUT2D eigenvalue weighted by molar-refractivity contribution is 8.18. The van der Waals surface area contributed by atoms with Crippen LogP contribution in [0.2, 0.25) is 0 Å². The predicted molar refractivity (Wildman–Crippen MR) is 131 cm³/mol.